The molecule has 0 saturated carbocycles. The van der Waals surface area contributed by atoms with Crippen molar-refractivity contribution in [1.29, 1.82) is 0 Å². The Bertz CT molecular complexity index is 410. The van der Waals surface area contributed by atoms with Crippen molar-refractivity contribution in [3.05, 3.63) is 28.2 Å². The molecule has 0 heterocycles. The predicted molar refractivity (Wildman–Crippen MR) is 72.9 cm³/mol. The minimum Gasteiger partial charge on any atom is -0.492 e. The van der Waals surface area contributed by atoms with Crippen LogP contribution in [0.1, 0.15) is 13.3 Å². The fraction of sp³-hybridized carbons (Fsp3) is 0.385. The number of ether oxygens (including phenoxy) is 1. The average molecular weight is 272 g/mol. The van der Waals surface area contributed by atoms with Crippen molar-refractivity contribution in [2.24, 2.45) is 0 Å². The van der Waals surface area contributed by atoms with E-state index in [0.717, 1.165) is 19.5 Å². The molecule has 4 heteroatoms. The zero-order valence-electron chi connectivity index (χ0n) is 9.72. The number of benzene rings is 1. The predicted octanol–water partition coefficient (Wildman–Crippen LogP) is 3.38. The molecule has 0 aliphatic heterocycles. The lowest BCUT2D eigenvalue weighted by molar-refractivity contribution is 0.309. The van der Waals surface area contributed by atoms with E-state index in [9.17, 15) is 0 Å². The summed E-state index contributed by atoms with van der Waals surface area (Å²) >= 11 is 11.8. The van der Waals surface area contributed by atoms with Gasteiger partial charge in [0.2, 0.25) is 0 Å². The topological polar surface area (TPSA) is 21.3 Å². The van der Waals surface area contributed by atoms with Gasteiger partial charge in [0.05, 0.1) is 18.2 Å². The second-order valence-electron chi connectivity index (χ2n) is 3.38. The van der Waals surface area contributed by atoms with Crippen molar-refractivity contribution in [3.8, 4) is 17.6 Å². The molecule has 1 aromatic carbocycles. The lowest BCUT2D eigenvalue weighted by atomic mass is 10.3. The molecule has 0 bridgehead atoms. The second kappa shape index (κ2) is 8.25. The molecular formula is C13H15Cl2NO. The van der Waals surface area contributed by atoms with Gasteiger partial charge in [-0.25, -0.2) is 0 Å². The summed E-state index contributed by atoms with van der Waals surface area (Å²) in [4.78, 5) is 0. The summed E-state index contributed by atoms with van der Waals surface area (Å²) in [6.07, 6.45) is 0.907. The fourth-order valence-corrected chi connectivity index (χ4v) is 1.67. The normalized spacial score (nSPS) is 9.59. The minimum absolute atomic E-state index is 0.544. The van der Waals surface area contributed by atoms with Gasteiger partial charge in [-0.1, -0.05) is 29.1 Å². The molecule has 1 aromatic rings. The van der Waals surface area contributed by atoms with E-state index in [1.165, 1.54) is 0 Å². The van der Waals surface area contributed by atoms with Crippen LogP contribution in [0.25, 0.3) is 0 Å². The maximum absolute atomic E-state index is 5.97. The van der Waals surface area contributed by atoms with Crippen molar-refractivity contribution in [1.82, 2.24) is 5.32 Å². The molecule has 92 valence electrons. The van der Waals surface area contributed by atoms with E-state index in [2.05, 4.69) is 17.2 Å². The third kappa shape index (κ3) is 5.83. The van der Waals surface area contributed by atoms with Gasteiger partial charge in [-0.3, -0.25) is 0 Å². The first-order valence-corrected chi connectivity index (χ1v) is 6.18. The first kappa shape index (κ1) is 14.2. The van der Waals surface area contributed by atoms with Gasteiger partial charge in [0.15, 0.2) is 0 Å². The van der Waals surface area contributed by atoms with Crippen LogP contribution < -0.4 is 10.1 Å². The first-order chi connectivity index (χ1) is 8.24. The Balaban J connectivity index is 2.19. The molecule has 0 atom stereocenters. The molecule has 1 rings (SSSR count). The van der Waals surface area contributed by atoms with E-state index >= 15 is 0 Å². The van der Waals surface area contributed by atoms with E-state index < -0.39 is 0 Å². The SMILES string of the molecule is CC#CCNCCCOc1ccc(Cl)cc1Cl. The zero-order valence-corrected chi connectivity index (χ0v) is 11.2. The Kier molecular flexibility index (Phi) is 6.88. The smallest absolute Gasteiger partial charge is 0.137 e. The Morgan fingerprint density at radius 3 is 2.88 bits per heavy atom. The summed E-state index contributed by atoms with van der Waals surface area (Å²) in [5.74, 6) is 6.43. The third-order valence-electron chi connectivity index (χ3n) is 2.04. The highest BCUT2D eigenvalue weighted by molar-refractivity contribution is 6.35. The number of hydrogen-bond acceptors (Lipinski definition) is 2. The molecule has 0 fully saturated rings. The summed E-state index contributed by atoms with van der Waals surface area (Å²) < 4.78 is 5.53. The fourth-order valence-electron chi connectivity index (χ4n) is 1.21. The molecule has 1 N–H and O–H groups in total. The van der Waals surface area contributed by atoms with E-state index in [-0.39, 0.29) is 0 Å². The summed E-state index contributed by atoms with van der Waals surface area (Å²) in [5, 5.41) is 4.35. The molecular weight excluding hydrogens is 257 g/mol. The first-order valence-electron chi connectivity index (χ1n) is 5.42. The average Bonchev–Trinajstić information content (AvgIpc) is 2.30. The van der Waals surface area contributed by atoms with E-state index in [1.807, 2.05) is 6.92 Å². The maximum Gasteiger partial charge on any atom is 0.137 e. The van der Waals surface area contributed by atoms with Gasteiger partial charge in [0.25, 0.3) is 0 Å². The highest BCUT2D eigenvalue weighted by Crippen LogP contribution is 2.27. The Morgan fingerprint density at radius 1 is 1.35 bits per heavy atom. The molecule has 0 saturated heterocycles. The van der Waals surface area contributed by atoms with Crippen molar-refractivity contribution in [3.63, 3.8) is 0 Å². The highest BCUT2D eigenvalue weighted by atomic mass is 35.5. The van der Waals surface area contributed by atoms with Crippen molar-refractivity contribution < 1.29 is 4.74 Å². The molecule has 0 aromatic heterocycles. The van der Waals surface area contributed by atoms with Gasteiger partial charge in [0.1, 0.15) is 5.75 Å². The van der Waals surface area contributed by atoms with Crippen molar-refractivity contribution in [2.45, 2.75) is 13.3 Å². The highest BCUT2D eigenvalue weighted by Gasteiger charge is 2.01. The quantitative estimate of drug-likeness (QED) is 0.633. The van der Waals surface area contributed by atoms with Crippen LogP contribution in [0.5, 0.6) is 5.75 Å². The van der Waals surface area contributed by atoms with Crippen LogP contribution in [-0.4, -0.2) is 19.7 Å². The molecule has 0 unspecified atom stereocenters. The van der Waals surface area contributed by atoms with Crippen LogP contribution in [0.15, 0.2) is 18.2 Å². The van der Waals surface area contributed by atoms with Crippen LogP contribution in [0.4, 0.5) is 0 Å². The minimum atomic E-state index is 0.544. The van der Waals surface area contributed by atoms with E-state index in [1.54, 1.807) is 18.2 Å². The van der Waals surface area contributed by atoms with Crippen LogP contribution in [0, 0.1) is 11.8 Å². The van der Waals surface area contributed by atoms with Crippen LogP contribution in [-0.2, 0) is 0 Å². The largest absolute Gasteiger partial charge is 0.492 e. The molecule has 0 radical (unpaired) electrons. The second-order valence-corrected chi connectivity index (χ2v) is 4.22. The van der Waals surface area contributed by atoms with Crippen LogP contribution in [0.2, 0.25) is 10.0 Å². The standard InChI is InChI=1S/C13H15Cl2NO/c1-2-3-7-16-8-4-9-17-13-6-5-11(14)10-12(13)15/h5-6,10,16H,4,7-9H2,1H3. The van der Waals surface area contributed by atoms with Crippen LogP contribution >= 0.6 is 23.2 Å². The van der Waals surface area contributed by atoms with E-state index in [0.29, 0.717) is 22.4 Å². The molecule has 0 aliphatic rings. The molecule has 0 amide bonds. The van der Waals surface area contributed by atoms with Gasteiger partial charge < -0.3 is 10.1 Å². The molecule has 2 nitrogen and oxygen atoms in total. The van der Waals surface area contributed by atoms with Gasteiger partial charge in [0, 0.05) is 5.02 Å². The summed E-state index contributed by atoms with van der Waals surface area (Å²) in [6.45, 7) is 4.04. The number of hydrogen-bond donors (Lipinski definition) is 1. The maximum atomic E-state index is 5.97. The number of rotatable bonds is 6. The van der Waals surface area contributed by atoms with Gasteiger partial charge in [-0.15, -0.1) is 5.92 Å². The van der Waals surface area contributed by atoms with Crippen molar-refractivity contribution in [2.75, 3.05) is 19.7 Å². The van der Waals surface area contributed by atoms with Gasteiger partial charge in [-0.2, -0.15) is 0 Å². The van der Waals surface area contributed by atoms with Gasteiger partial charge >= 0.3 is 0 Å². The summed E-state index contributed by atoms with van der Waals surface area (Å²) in [6, 6.07) is 5.21. The van der Waals surface area contributed by atoms with Crippen LogP contribution in [0.3, 0.4) is 0 Å². The Labute approximate surface area is 112 Å². The summed E-state index contributed by atoms with van der Waals surface area (Å²) in [7, 11) is 0. The Hall–Kier alpha value is -0.880. The molecule has 17 heavy (non-hydrogen) atoms. The zero-order chi connectivity index (χ0) is 12.5. The Morgan fingerprint density at radius 2 is 2.18 bits per heavy atom. The molecule has 0 spiro atoms. The monoisotopic (exact) mass is 271 g/mol. The van der Waals surface area contributed by atoms with Crippen molar-refractivity contribution >= 4 is 23.2 Å². The third-order valence-corrected chi connectivity index (χ3v) is 2.57. The lowest BCUT2D eigenvalue weighted by Crippen LogP contribution is -2.17. The van der Waals surface area contributed by atoms with Gasteiger partial charge in [-0.05, 0) is 38.1 Å². The molecule has 0 aliphatic carbocycles. The number of halogens is 2. The number of nitrogens with one attached hydrogen (secondary N) is 1. The summed E-state index contributed by atoms with van der Waals surface area (Å²) in [5.41, 5.74) is 0. The lowest BCUT2D eigenvalue weighted by Gasteiger charge is -2.08. The van der Waals surface area contributed by atoms with E-state index in [4.69, 9.17) is 27.9 Å².